The average molecular weight is 264 g/mol. The van der Waals surface area contributed by atoms with Crippen LogP contribution in [0.4, 0.5) is 5.69 Å². The van der Waals surface area contributed by atoms with Gasteiger partial charge in [0, 0.05) is 31.5 Å². The van der Waals surface area contributed by atoms with Crippen LogP contribution in [0.3, 0.4) is 0 Å². The molecule has 0 spiro atoms. The van der Waals surface area contributed by atoms with Gasteiger partial charge in [0.05, 0.1) is 6.61 Å². The minimum absolute atomic E-state index is 0.672. The van der Waals surface area contributed by atoms with Crippen LogP contribution < -0.4 is 10.5 Å². The van der Waals surface area contributed by atoms with E-state index in [1.165, 1.54) is 12.8 Å². The van der Waals surface area contributed by atoms with Gasteiger partial charge in [0.2, 0.25) is 0 Å². The van der Waals surface area contributed by atoms with Crippen LogP contribution in [-0.4, -0.2) is 44.9 Å². The number of nitrogen functional groups attached to an aromatic ring is 1. The van der Waals surface area contributed by atoms with Crippen LogP contribution in [0.25, 0.3) is 0 Å². The molecule has 0 aliphatic carbocycles. The van der Waals surface area contributed by atoms with E-state index in [4.69, 9.17) is 15.2 Å². The first-order valence-corrected chi connectivity index (χ1v) is 6.98. The summed E-state index contributed by atoms with van der Waals surface area (Å²) in [7, 11) is 2.14. The van der Waals surface area contributed by atoms with E-state index in [2.05, 4.69) is 11.9 Å². The highest BCUT2D eigenvalue weighted by Crippen LogP contribution is 2.15. The summed E-state index contributed by atoms with van der Waals surface area (Å²) >= 11 is 0. The molecule has 0 saturated carbocycles. The Labute approximate surface area is 115 Å². The average Bonchev–Trinajstić information content (AvgIpc) is 2.40. The number of hydrogen-bond acceptors (Lipinski definition) is 4. The fourth-order valence-electron chi connectivity index (χ4n) is 2.41. The number of anilines is 1. The fraction of sp³-hybridized carbons (Fsp3) is 0.600. The first-order valence-electron chi connectivity index (χ1n) is 6.98. The Kier molecular flexibility index (Phi) is 5.48. The number of benzene rings is 1. The van der Waals surface area contributed by atoms with Gasteiger partial charge < -0.3 is 20.1 Å². The summed E-state index contributed by atoms with van der Waals surface area (Å²) in [6.07, 6.45) is 2.47. The van der Waals surface area contributed by atoms with Gasteiger partial charge in [-0.25, -0.2) is 0 Å². The molecular weight excluding hydrogens is 240 g/mol. The van der Waals surface area contributed by atoms with Crippen molar-refractivity contribution >= 4 is 5.69 Å². The monoisotopic (exact) mass is 264 g/mol. The molecule has 1 heterocycles. The van der Waals surface area contributed by atoms with Crippen LogP contribution in [0.1, 0.15) is 12.8 Å². The number of hydrogen-bond donors (Lipinski definition) is 1. The molecule has 1 aliphatic rings. The van der Waals surface area contributed by atoms with Crippen molar-refractivity contribution in [2.45, 2.75) is 12.8 Å². The SMILES string of the molecule is CN(CCOc1cccc(N)c1)CC1CCCOC1. The summed E-state index contributed by atoms with van der Waals surface area (Å²) in [5.41, 5.74) is 6.45. The van der Waals surface area contributed by atoms with E-state index in [0.29, 0.717) is 12.5 Å². The quantitative estimate of drug-likeness (QED) is 0.798. The molecule has 4 nitrogen and oxygen atoms in total. The lowest BCUT2D eigenvalue weighted by Gasteiger charge is -2.27. The minimum atomic E-state index is 0.672. The Morgan fingerprint density at radius 2 is 2.37 bits per heavy atom. The van der Waals surface area contributed by atoms with Gasteiger partial charge in [0.1, 0.15) is 12.4 Å². The predicted octanol–water partition coefficient (Wildman–Crippen LogP) is 2.01. The van der Waals surface area contributed by atoms with Crippen LogP contribution in [-0.2, 0) is 4.74 Å². The van der Waals surface area contributed by atoms with E-state index >= 15 is 0 Å². The van der Waals surface area contributed by atoms with Crippen molar-refractivity contribution in [1.82, 2.24) is 4.90 Å². The molecule has 1 atom stereocenters. The second kappa shape index (κ2) is 7.36. The highest BCUT2D eigenvalue weighted by Gasteiger charge is 2.15. The maximum Gasteiger partial charge on any atom is 0.121 e. The third-order valence-corrected chi connectivity index (χ3v) is 3.42. The normalized spacial score (nSPS) is 19.6. The summed E-state index contributed by atoms with van der Waals surface area (Å²) in [6, 6.07) is 7.57. The molecule has 0 amide bonds. The summed E-state index contributed by atoms with van der Waals surface area (Å²) in [5, 5.41) is 0. The second-order valence-corrected chi connectivity index (χ2v) is 5.27. The Bertz CT molecular complexity index is 378. The number of ether oxygens (including phenoxy) is 2. The molecule has 2 N–H and O–H groups in total. The predicted molar refractivity (Wildman–Crippen MR) is 77.4 cm³/mol. The van der Waals surface area contributed by atoms with E-state index in [1.807, 2.05) is 24.3 Å². The number of likely N-dealkylation sites (N-methyl/N-ethyl adjacent to an activating group) is 1. The molecule has 0 bridgehead atoms. The summed E-state index contributed by atoms with van der Waals surface area (Å²) in [4.78, 5) is 2.31. The number of nitrogens with zero attached hydrogens (tertiary/aromatic N) is 1. The molecule has 0 radical (unpaired) electrons. The number of rotatable bonds is 6. The zero-order valence-electron chi connectivity index (χ0n) is 11.7. The van der Waals surface area contributed by atoms with Crippen LogP contribution in [0.5, 0.6) is 5.75 Å². The van der Waals surface area contributed by atoms with Crippen molar-refractivity contribution in [2.24, 2.45) is 5.92 Å². The molecular formula is C15H24N2O2. The minimum Gasteiger partial charge on any atom is -0.492 e. The lowest BCUT2D eigenvalue weighted by atomic mass is 10.0. The molecule has 1 aromatic carbocycles. The highest BCUT2D eigenvalue weighted by molar-refractivity contribution is 5.43. The van der Waals surface area contributed by atoms with Gasteiger partial charge in [0.25, 0.3) is 0 Å². The van der Waals surface area contributed by atoms with Crippen molar-refractivity contribution in [1.29, 1.82) is 0 Å². The van der Waals surface area contributed by atoms with Crippen molar-refractivity contribution in [2.75, 3.05) is 45.7 Å². The molecule has 1 aromatic rings. The smallest absolute Gasteiger partial charge is 0.121 e. The number of nitrogens with two attached hydrogens (primary N) is 1. The maximum atomic E-state index is 5.71. The third kappa shape index (κ3) is 5.09. The van der Waals surface area contributed by atoms with Crippen molar-refractivity contribution in [3.05, 3.63) is 24.3 Å². The second-order valence-electron chi connectivity index (χ2n) is 5.27. The maximum absolute atomic E-state index is 5.71. The van der Waals surface area contributed by atoms with E-state index in [-0.39, 0.29) is 0 Å². The lowest BCUT2D eigenvalue weighted by molar-refractivity contribution is 0.0405. The molecule has 106 valence electrons. The van der Waals surface area contributed by atoms with Gasteiger partial charge in [-0.2, -0.15) is 0 Å². The van der Waals surface area contributed by atoms with E-state index in [9.17, 15) is 0 Å². The van der Waals surface area contributed by atoms with Crippen molar-refractivity contribution < 1.29 is 9.47 Å². The Hall–Kier alpha value is -1.26. The first kappa shape index (κ1) is 14.2. The standard InChI is InChI=1S/C15H24N2O2/c1-17(11-13-4-3-8-18-12-13)7-9-19-15-6-2-5-14(16)10-15/h2,5-6,10,13H,3-4,7-9,11-12,16H2,1H3. The van der Waals surface area contributed by atoms with E-state index in [1.54, 1.807) is 0 Å². The third-order valence-electron chi connectivity index (χ3n) is 3.42. The Morgan fingerprint density at radius 3 is 3.11 bits per heavy atom. The van der Waals surface area contributed by atoms with Crippen molar-refractivity contribution in [3.63, 3.8) is 0 Å². The topological polar surface area (TPSA) is 47.7 Å². The Morgan fingerprint density at radius 1 is 1.47 bits per heavy atom. The van der Waals surface area contributed by atoms with E-state index < -0.39 is 0 Å². The van der Waals surface area contributed by atoms with Crippen molar-refractivity contribution in [3.8, 4) is 5.75 Å². The molecule has 2 rings (SSSR count). The van der Waals surface area contributed by atoms with Gasteiger partial charge in [-0.05, 0) is 37.9 Å². The zero-order valence-corrected chi connectivity index (χ0v) is 11.7. The molecule has 19 heavy (non-hydrogen) atoms. The summed E-state index contributed by atoms with van der Waals surface area (Å²) in [6.45, 7) is 4.53. The fourth-order valence-corrected chi connectivity index (χ4v) is 2.41. The van der Waals surface area contributed by atoms with Crippen LogP contribution in [0.15, 0.2) is 24.3 Å². The van der Waals surface area contributed by atoms with Crippen LogP contribution in [0, 0.1) is 5.92 Å². The van der Waals surface area contributed by atoms with Crippen LogP contribution >= 0.6 is 0 Å². The first-order chi connectivity index (χ1) is 9.24. The van der Waals surface area contributed by atoms with Gasteiger partial charge >= 0.3 is 0 Å². The Balaban J connectivity index is 1.64. The molecule has 0 aromatic heterocycles. The summed E-state index contributed by atoms with van der Waals surface area (Å²) < 4.78 is 11.2. The highest BCUT2D eigenvalue weighted by atomic mass is 16.5. The molecule has 4 heteroatoms. The molecule has 1 aliphatic heterocycles. The molecule has 1 saturated heterocycles. The van der Waals surface area contributed by atoms with Gasteiger partial charge in [-0.3, -0.25) is 0 Å². The van der Waals surface area contributed by atoms with Gasteiger partial charge in [-0.15, -0.1) is 0 Å². The summed E-state index contributed by atoms with van der Waals surface area (Å²) in [5.74, 6) is 1.51. The largest absolute Gasteiger partial charge is 0.492 e. The van der Waals surface area contributed by atoms with Crippen LogP contribution in [0.2, 0.25) is 0 Å². The molecule has 1 unspecified atom stereocenters. The molecule has 1 fully saturated rings. The lowest BCUT2D eigenvalue weighted by Crippen LogP contribution is -2.33. The zero-order chi connectivity index (χ0) is 13.5. The van der Waals surface area contributed by atoms with E-state index in [0.717, 1.165) is 37.7 Å². The van der Waals surface area contributed by atoms with Gasteiger partial charge in [-0.1, -0.05) is 6.07 Å². The van der Waals surface area contributed by atoms with Gasteiger partial charge in [0.15, 0.2) is 0 Å².